The van der Waals surface area contributed by atoms with Crippen molar-refractivity contribution in [1.29, 1.82) is 0 Å². The Bertz CT molecular complexity index is 1170. The smallest absolute Gasteiger partial charge is 0.306 e. The van der Waals surface area contributed by atoms with Gasteiger partial charge in [-0.15, -0.1) is 0 Å². The summed E-state index contributed by atoms with van der Waals surface area (Å²) in [7, 11) is 0. The van der Waals surface area contributed by atoms with E-state index in [1.807, 2.05) is 0 Å². The Hall–Kier alpha value is -2.89. The maximum absolute atomic E-state index is 12.8. The van der Waals surface area contributed by atoms with Gasteiger partial charge < -0.3 is 14.2 Å². The Labute approximate surface area is 396 Å². The van der Waals surface area contributed by atoms with Gasteiger partial charge >= 0.3 is 17.9 Å². The van der Waals surface area contributed by atoms with Crippen LogP contribution >= 0.6 is 0 Å². The third kappa shape index (κ3) is 50.1. The quantitative estimate of drug-likeness (QED) is 0.0262. The lowest BCUT2D eigenvalue weighted by Gasteiger charge is -2.18. The van der Waals surface area contributed by atoms with Gasteiger partial charge in [-0.25, -0.2) is 0 Å². The van der Waals surface area contributed by atoms with Crippen LogP contribution in [0.4, 0.5) is 0 Å². The van der Waals surface area contributed by atoms with Crippen LogP contribution in [0.5, 0.6) is 0 Å². The van der Waals surface area contributed by atoms with Gasteiger partial charge in [0.25, 0.3) is 0 Å². The average molecular weight is 895 g/mol. The highest BCUT2D eigenvalue weighted by atomic mass is 16.6. The zero-order valence-corrected chi connectivity index (χ0v) is 42.3. The molecule has 370 valence electrons. The summed E-state index contributed by atoms with van der Waals surface area (Å²) in [6.07, 6.45) is 65.0. The maximum Gasteiger partial charge on any atom is 0.306 e. The molecular formula is C58H102O6. The monoisotopic (exact) mass is 895 g/mol. The van der Waals surface area contributed by atoms with Crippen LogP contribution in [0.2, 0.25) is 0 Å². The minimum atomic E-state index is -0.782. The fraction of sp³-hybridized carbons (Fsp3) is 0.776. The predicted octanol–water partition coefficient (Wildman–Crippen LogP) is 18.0. The standard InChI is InChI=1S/C58H102O6/c1-4-7-10-13-16-19-22-24-26-28-29-31-32-34-36-39-42-45-48-51-57(60)63-54-55(53-62-56(59)50-47-44-41-38-21-18-15-12-9-6-3)64-58(61)52-49-46-43-40-37-35-33-30-27-25-23-20-17-14-11-8-5-2/h7,10,15-16,18-19,24-27,55H,4-6,8-9,11-14,17,20-23,28-54H2,1-3H3/b10-7-,18-15-,19-16-,26-24-,27-25-. The van der Waals surface area contributed by atoms with Crippen molar-refractivity contribution in [2.45, 2.75) is 277 Å². The molecule has 0 aliphatic heterocycles. The molecule has 6 heteroatoms. The van der Waals surface area contributed by atoms with Crippen LogP contribution < -0.4 is 0 Å². The van der Waals surface area contributed by atoms with E-state index in [0.29, 0.717) is 19.3 Å². The molecule has 1 atom stereocenters. The minimum absolute atomic E-state index is 0.0817. The van der Waals surface area contributed by atoms with Crippen LogP contribution in [0.25, 0.3) is 0 Å². The highest BCUT2D eigenvalue weighted by Crippen LogP contribution is 2.15. The van der Waals surface area contributed by atoms with Gasteiger partial charge in [0.05, 0.1) is 0 Å². The van der Waals surface area contributed by atoms with E-state index in [2.05, 4.69) is 81.5 Å². The molecule has 6 nitrogen and oxygen atoms in total. The third-order valence-electron chi connectivity index (χ3n) is 11.7. The zero-order valence-electron chi connectivity index (χ0n) is 42.3. The van der Waals surface area contributed by atoms with Crippen LogP contribution in [0.3, 0.4) is 0 Å². The van der Waals surface area contributed by atoms with E-state index in [1.54, 1.807) is 0 Å². The first-order chi connectivity index (χ1) is 31.5. The van der Waals surface area contributed by atoms with E-state index in [-0.39, 0.29) is 31.1 Å². The largest absolute Gasteiger partial charge is 0.462 e. The summed E-state index contributed by atoms with van der Waals surface area (Å²) in [5.41, 5.74) is 0. The lowest BCUT2D eigenvalue weighted by Crippen LogP contribution is -2.30. The van der Waals surface area contributed by atoms with Gasteiger partial charge in [-0.1, -0.05) is 216 Å². The van der Waals surface area contributed by atoms with Crippen LogP contribution in [-0.2, 0) is 28.6 Å². The Morgan fingerprint density at radius 3 is 1.02 bits per heavy atom. The first-order valence-electron chi connectivity index (χ1n) is 27.3. The summed E-state index contributed by atoms with van der Waals surface area (Å²) in [5, 5.41) is 0. The number of esters is 3. The second-order valence-corrected chi connectivity index (χ2v) is 18.1. The van der Waals surface area contributed by atoms with Crippen LogP contribution in [0, 0.1) is 0 Å². The topological polar surface area (TPSA) is 78.9 Å². The second kappa shape index (κ2) is 52.7. The molecule has 0 bridgehead atoms. The molecule has 0 aliphatic carbocycles. The number of carbonyl (C=O) groups excluding carboxylic acids is 3. The first-order valence-corrected chi connectivity index (χ1v) is 27.3. The minimum Gasteiger partial charge on any atom is -0.462 e. The summed E-state index contributed by atoms with van der Waals surface area (Å²) in [6.45, 7) is 6.48. The van der Waals surface area contributed by atoms with Crippen molar-refractivity contribution >= 4 is 17.9 Å². The lowest BCUT2D eigenvalue weighted by atomic mass is 10.1. The fourth-order valence-corrected chi connectivity index (χ4v) is 7.61. The molecule has 0 amide bonds. The molecular weight excluding hydrogens is 793 g/mol. The molecule has 0 aliphatic rings. The van der Waals surface area contributed by atoms with E-state index in [4.69, 9.17) is 14.2 Å². The molecule has 0 rings (SSSR count). The highest BCUT2D eigenvalue weighted by Gasteiger charge is 2.19. The summed E-state index contributed by atoms with van der Waals surface area (Å²) in [6, 6.07) is 0. The summed E-state index contributed by atoms with van der Waals surface area (Å²) in [4.78, 5) is 38.0. The van der Waals surface area contributed by atoms with Crippen molar-refractivity contribution in [3.05, 3.63) is 60.8 Å². The molecule has 0 aromatic heterocycles. The van der Waals surface area contributed by atoms with E-state index in [9.17, 15) is 14.4 Å². The van der Waals surface area contributed by atoms with E-state index in [0.717, 1.165) is 96.3 Å². The number of rotatable bonds is 49. The number of carbonyl (C=O) groups is 3. The van der Waals surface area contributed by atoms with Crippen molar-refractivity contribution in [3.8, 4) is 0 Å². The molecule has 0 aromatic rings. The fourth-order valence-electron chi connectivity index (χ4n) is 7.61. The Kier molecular flexibility index (Phi) is 50.4. The Morgan fingerprint density at radius 2 is 0.625 bits per heavy atom. The highest BCUT2D eigenvalue weighted by molar-refractivity contribution is 5.71. The third-order valence-corrected chi connectivity index (χ3v) is 11.7. The van der Waals surface area contributed by atoms with Gasteiger partial charge in [-0.05, 0) is 96.3 Å². The molecule has 64 heavy (non-hydrogen) atoms. The average Bonchev–Trinajstić information content (AvgIpc) is 3.29. The molecule has 0 spiro atoms. The Morgan fingerprint density at radius 1 is 0.328 bits per heavy atom. The molecule has 0 fully saturated rings. The maximum atomic E-state index is 12.8. The van der Waals surface area contributed by atoms with Crippen LogP contribution in [0.15, 0.2) is 60.8 Å². The van der Waals surface area contributed by atoms with Crippen LogP contribution in [-0.4, -0.2) is 37.2 Å². The summed E-state index contributed by atoms with van der Waals surface area (Å²) >= 11 is 0. The number of ether oxygens (including phenoxy) is 3. The predicted molar refractivity (Wildman–Crippen MR) is 275 cm³/mol. The summed E-state index contributed by atoms with van der Waals surface area (Å²) in [5.74, 6) is -0.899. The van der Waals surface area contributed by atoms with E-state index >= 15 is 0 Å². The SMILES string of the molecule is CC/C=C\C/C=C\C/C=C\CCCCCCCCCCCC(=O)OCC(COC(=O)CCCCCC/C=C\CCCC)OC(=O)CCCCCCCCC/C=C\CCCCCCCC. The normalized spacial score (nSPS) is 12.5. The van der Waals surface area contributed by atoms with Gasteiger partial charge in [-0.2, -0.15) is 0 Å². The van der Waals surface area contributed by atoms with E-state index in [1.165, 1.54) is 135 Å². The Balaban J connectivity index is 4.32. The van der Waals surface area contributed by atoms with Crippen molar-refractivity contribution in [1.82, 2.24) is 0 Å². The van der Waals surface area contributed by atoms with Crippen LogP contribution in [0.1, 0.15) is 271 Å². The molecule has 0 saturated heterocycles. The molecule has 0 radical (unpaired) electrons. The number of allylic oxidation sites excluding steroid dienone is 10. The molecule has 0 aromatic carbocycles. The first kappa shape index (κ1) is 61.1. The van der Waals surface area contributed by atoms with Gasteiger partial charge in [-0.3, -0.25) is 14.4 Å². The van der Waals surface area contributed by atoms with Gasteiger partial charge in [0, 0.05) is 19.3 Å². The van der Waals surface area contributed by atoms with E-state index < -0.39 is 6.10 Å². The van der Waals surface area contributed by atoms with Crippen molar-refractivity contribution < 1.29 is 28.6 Å². The zero-order chi connectivity index (χ0) is 46.5. The number of hydrogen-bond donors (Lipinski definition) is 0. The molecule has 1 unspecified atom stereocenters. The second-order valence-electron chi connectivity index (χ2n) is 18.1. The lowest BCUT2D eigenvalue weighted by molar-refractivity contribution is -0.167. The molecule has 0 heterocycles. The van der Waals surface area contributed by atoms with Gasteiger partial charge in [0.15, 0.2) is 6.10 Å². The molecule has 0 saturated carbocycles. The summed E-state index contributed by atoms with van der Waals surface area (Å²) < 4.78 is 16.8. The van der Waals surface area contributed by atoms with Crippen molar-refractivity contribution in [2.24, 2.45) is 0 Å². The number of unbranched alkanes of at least 4 members (excludes halogenated alkanes) is 28. The van der Waals surface area contributed by atoms with Gasteiger partial charge in [0.1, 0.15) is 13.2 Å². The van der Waals surface area contributed by atoms with Crippen molar-refractivity contribution in [3.63, 3.8) is 0 Å². The number of hydrogen-bond acceptors (Lipinski definition) is 6. The van der Waals surface area contributed by atoms with Gasteiger partial charge in [0.2, 0.25) is 0 Å². The molecule has 0 N–H and O–H groups in total. The van der Waals surface area contributed by atoms with Crippen molar-refractivity contribution in [2.75, 3.05) is 13.2 Å².